The first kappa shape index (κ1) is 14.1. The molecule has 0 radical (unpaired) electrons. The van der Waals surface area contributed by atoms with Gasteiger partial charge in [-0.15, -0.1) is 0 Å². The Labute approximate surface area is 107 Å². The summed E-state index contributed by atoms with van der Waals surface area (Å²) in [5, 5.41) is 0. The monoisotopic (exact) mass is 233 g/mol. The lowest BCUT2D eigenvalue weighted by molar-refractivity contribution is 0.240. The van der Waals surface area contributed by atoms with Crippen LogP contribution in [0.5, 0.6) is 0 Å². The van der Waals surface area contributed by atoms with Gasteiger partial charge in [0.2, 0.25) is 0 Å². The van der Waals surface area contributed by atoms with E-state index < -0.39 is 0 Å². The molecule has 0 bridgehead atoms. The van der Waals surface area contributed by atoms with Gasteiger partial charge in [-0.2, -0.15) is 0 Å². The predicted octanol–water partition coefficient (Wildman–Crippen LogP) is 4.39. The van der Waals surface area contributed by atoms with E-state index in [-0.39, 0.29) is 0 Å². The van der Waals surface area contributed by atoms with Crippen molar-refractivity contribution in [2.45, 2.75) is 46.1 Å². The van der Waals surface area contributed by atoms with Crippen LogP contribution in [0.15, 0.2) is 36.6 Å². The Morgan fingerprint density at radius 2 is 2.06 bits per heavy atom. The van der Waals surface area contributed by atoms with Crippen molar-refractivity contribution in [1.29, 1.82) is 0 Å². The molecular weight excluding hydrogens is 206 g/mol. The van der Waals surface area contributed by atoms with Crippen LogP contribution >= 0.6 is 0 Å². The van der Waals surface area contributed by atoms with Crippen LogP contribution in [0.4, 0.5) is 0 Å². The fourth-order valence-corrected chi connectivity index (χ4v) is 2.58. The summed E-state index contributed by atoms with van der Waals surface area (Å²) in [5.74, 6) is 1.37. The second kappa shape index (κ2) is 7.37. The van der Waals surface area contributed by atoms with Crippen LogP contribution < -0.4 is 0 Å². The molecule has 1 aliphatic heterocycles. The lowest BCUT2D eigenvalue weighted by Gasteiger charge is -2.35. The molecule has 1 heterocycles. The van der Waals surface area contributed by atoms with E-state index in [1.807, 2.05) is 0 Å². The lowest BCUT2D eigenvalue weighted by atomic mass is 9.83. The smallest absolute Gasteiger partial charge is 0.0498 e. The molecule has 1 heteroatoms. The highest BCUT2D eigenvalue weighted by molar-refractivity contribution is 5.14. The molecule has 3 atom stereocenters. The van der Waals surface area contributed by atoms with E-state index in [1.54, 1.807) is 0 Å². The lowest BCUT2D eigenvalue weighted by Crippen LogP contribution is -2.36. The third-order valence-corrected chi connectivity index (χ3v) is 3.67. The zero-order valence-corrected chi connectivity index (χ0v) is 11.8. The third-order valence-electron chi connectivity index (χ3n) is 3.67. The Kier molecular flexibility index (Phi) is 6.10. The minimum atomic E-state index is 0.540. The van der Waals surface area contributed by atoms with E-state index in [2.05, 4.69) is 69.3 Å². The zero-order chi connectivity index (χ0) is 12.7. The average Bonchev–Trinajstić information content (AvgIpc) is 2.34. The second-order valence-corrected chi connectivity index (χ2v) is 5.03. The van der Waals surface area contributed by atoms with Gasteiger partial charge in [-0.1, -0.05) is 51.5 Å². The summed E-state index contributed by atoms with van der Waals surface area (Å²) in [6.45, 7) is 6.87. The van der Waals surface area contributed by atoms with Crippen LogP contribution in [0.25, 0.3) is 0 Å². The molecule has 0 saturated carbocycles. The SMILES string of the molecule is CCC=CC(CCC)C(C)C1C=CC=CN1C. The Balaban J connectivity index is 2.69. The quantitative estimate of drug-likeness (QED) is 0.615. The van der Waals surface area contributed by atoms with Gasteiger partial charge in [0.25, 0.3) is 0 Å². The van der Waals surface area contributed by atoms with Crippen molar-refractivity contribution in [3.8, 4) is 0 Å². The fourth-order valence-electron chi connectivity index (χ4n) is 2.58. The molecular formula is C16H27N. The standard InChI is InChI=1S/C16H27N/c1-5-7-11-15(10-6-2)14(3)16-12-8-9-13-17(16)4/h7-9,11-16H,5-6,10H2,1-4H3. The van der Waals surface area contributed by atoms with Gasteiger partial charge >= 0.3 is 0 Å². The first-order valence-corrected chi connectivity index (χ1v) is 6.94. The van der Waals surface area contributed by atoms with Gasteiger partial charge in [0.05, 0.1) is 0 Å². The highest BCUT2D eigenvalue weighted by atomic mass is 15.1. The minimum Gasteiger partial charge on any atom is -0.374 e. The Morgan fingerprint density at radius 1 is 1.29 bits per heavy atom. The summed E-state index contributed by atoms with van der Waals surface area (Å²) in [7, 11) is 2.17. The molecule has 0 spiro atoms. The van der Waals surface area contributed by atoms with E-state index in [4.69, 9.17) is 0 Å². The Bertz CT molecular complexity index is 288. The molecule has 0 aromatic heterocycles. The Hall–Kier alpha value is -0.980. The summed E-state index contributed by atoms with van der Waals surface area (Å²) in [6.07, 6.45) is 17.2. The van der Waals surface area contributed by atoms with Crippen molar-refractivity contribution in [3.05, 3.63) is 36.6 Å². The maximum atomic E-state index is 2.42. The van der Waals surface area contributed by atoms with Crippen molar-refractivity contribution in [2.24, 2.45) is 11.8 Å². The molecule has 0 aromatic rings. The van der Waals surface area contributed by atoms with Crippen LogP contribution in [0.2, 0.25) is 0 Å². The van der Waals surface area contributed by atoms with Gasteiger partial charge in [0, 0.05) is 13.1 Å². The first-order chi connectivity index (χ1) is 8.20. The van der Waals surface area contributed by atoms with E-state index in [1.165, 1.54) is 12.8 Å². The largest absolute Gasteiger partial charge is 0.374 e. The highest BCUT2D eigenvalue weighted by Gasteiger charge is 2.24. The van der Waals surface area contributed by atoms with Gasteiger partial charge in [0.15, 0.2) is 0 Å². The van der Waals surface area contributed by atoms with E-state index in [9.17, 15) is 0 Å². The van der Waals surface area contributed by atoms with Crippen LogP contribution in [0, 0.1) is 11.8 Å². The van der Waals surface area contributed by atoms with Gasteiger partial charge in [0.1, 0.15) is 0 Å². The van der Waals surface area contributed by atoms with Gasteiger partial charge < -0.3 is 4.90 Å². The fraction of sp³-hybridized carbons (Fsp3) is 0.625. The second-order valence-electron chi connectivity index (χ2n) is 5.03. The molecule has 0 aromatic carbocycles. The molecule has 96 valence electrons. The van der Waals surface area contributed by atoms with Crippen LogP contribution in [0.3, 0.4) is 0 Å². The molecule has 0 amide bonds. The van der Waals surface area contributed by atoms with Crippen LogP contribution in [-0.4, -0.2) is 18.0 Å². The number of likely N-dealkylation sites (N-methyl/N-ethyl adjacent to an activating group) is 1. The normalized spacial score (nSPS) is 23.3. The van der Waals surface area contributed by atoms with Gasteiger partial charge in [-0.25, -0.2) is 0 Å². The topological polar surface area (TPSA) is 3.24 Å². The summed E-state index contributed by atoms with van der Waals surface area (Å²) >= 11 is 0. The molecule has 3 unspecified atom stereocenters. The molecule has 0 aliphatic carbocycles. The van der Waals surface area contributed by atoms with E-state index in [0.717, 1.165) is 6.42 Å². The molecule has 0 saturated heterocycles. The van der Waals surface area contributed by atoms with Crippen molar-refractivity contribution in [2.75, 3.05) is 7.05 Å². The zero-order valence-electron chi connectivity index (χ0n) is 11.8. The Morgan fingerprint density at radius 3 is 2.65 bits per heavy atom. The van der Waals surface area contributed by atoms with Crippen LogP contribution in [0.1, 0.15) is 40.0 Å². The molecule has 17 heavy (non-hydrogen) atoms. The summed E-state index contributed by atoms with van der Waals surface area (Å²) in [5.41, 5.74) is 0. The molecule has 1 aliphatic rings. The number of rotatable bonds is 6. The maximum Gasteiger partial charge on any atom is 0.0498 e. The van der Waals surface area contributed by atoms with Gasteiger partial charge in [-0.05, 0) is 37.0 Å². The summed E-state index contributed by atoms with van der Waals surface area (Å²) in [6, 6.07) is 0.540. The highest BCUT2D eigenvalue weighted by Crippen LogP contribution is 2.27. The number of hydrogen-bond acceptors (Lipinski definition) is 1. The van der Waals surface area contributed by atoms with Crippen molar-refractivity contribution < 1.29 is 0 Å². The minimum absolute atomic E-state index is 0.540. The van der Waals surface area contributed by atoms with Crippen LogP contribution in [-0.2, 0) is 0 Å². The molecule has 0 N–H and O–H groups in total. The van der Waals surface area contributed by atoms with Crippen molar-refractivity contribution >= 4 is 0 Å². The molecule has 0 fully saturated rings. The predicted molar refractivity (Wildman–Crippen MR) is 76.8 cm³/mol. The number of nitrogens with zero attached hydrogens (tertiary/aromatic N) is 1. The maximum absolute atomic E-state index is 2.42. The van der Waals surface area contributed by atoms with Gasteiger partial charge in [-0.3, -0.25) is 0 Å². The van der Waals surface area contributed by atoms with E-state index in [0.29, 0.717) is 17.9 Å². The molecule has 1 nitrogen and oxygen atoms in total. The van der Waals surface area contributed by atoms with Crippen molar-refractivity contribution in [1.82, 2.24) is 4.90 Å². The number of allylic oxidation sites excluding steroid dienone is 4. The summed E-state index contributed by atoms with van der Waals surface area (Å²) in [4.78, 5) is 2.33. The number of hydrogen-bond donors (Lipinski definition) is 0. The average molecular weight is 233 g/mol. The molecule has 1 rings (SSSR count). The van der Waals surface area contributed by atoms with Crippen molar-refractivity contribution in [3.63, 3.8) is 0 Å². The summed E-state index contributed by atoms with van der Waals surface area (Å²) < 4.78 is 0. The van der Waals surface area contributed by atoms with E-state index >= 15 is 0 Å². The third kappa shape index (κ3) is 4.07. The first-order valence-electron chi connectivity index (χ1n) is 6.94.